The summed E-state index contributed by atoms with van der Waals surface area (Å²) in [5.41, 5.74) is 5.61. The van der Waals surface area contributed by atoms with Gasteiger partial charge in [-0.1, -0.05) is 10.4 Å². The molecule has 2 heterocycles. The SMILES string of the molecule is CSCc1noc(CNC(=O)c2cn(CCN)nn2)n1. The van der Waals surface area contributed by atoms with Gasteiger partial charge in [0.25, 0.3) is 5.91 Å². The molecule has 0 aromatic carbocycles. The number of nitrogens with zero attached hydrogens (tertiary/aromatic N) is 5. The monoisotopic (exact) mass is 297 g/mol. The van der Waals surface area contributed by atoms with Crippen molar-refractivity contribution < 1.29 is 9.32 Å². The van der Waals surface area contributed by atoms with Gasteiger partial charge in [-0.05, 0) is 6.26 Å². The maximum Gasteiger partial charge on any atom is 0.273 e. The largest absolute Gasteiger partial charge is 0.342 e. The summed E-state index contributed by atoms with van der Waals surface area (Å²) in [6, 6.07) is 0. The lowest BCUT2D eigenvalue weighted by Crippen LogP contribution is -2.23. The van der Waals surface area contributed by atoms with Crippen LogP contribution in [0.25, 0.3) is 0 Å². The molecule has 10 heteroatoms. The minimum Gasteiger partial charge on any atom is -0.342 e. The number of aromatic nitrogens is 5. The van der Waals surface area contributed by atoms with Crippen molar-refractivity contribution in [2.75, 3.05) is 12.8 Å². The zero-order valence-corrected chi connectivity index (χ0v) is 11.8. The van der Waals surface area contributed by atoms with Gasteiger partial charge in [0.15, 0.2) is 11.5 Å². The third-order valence-electron chi connectivity index (χ3n) is 2.31. The molecule has 9 nitrogen and oxygen atoms in total. The second kappa shape index (κ2) is 7.01. The molecule has 0 saturated heterocycles. The molecule has 108 valence electrons. The lowest BCUT2D eigenvalue weighted by Gasteiger charge is -1.97. The van der Waals surface area contributed by atoms with E-state index < -0.39 is 0 Å². The molecule has 0 radical (unpaired) electrons. The van der Waals surface area contributed by atoms with Crippen molar-refractivity contribution in [2.45, 2.75) is 18.8 Å². The van der Waals surface area contributed by atoms with Gasteiger partial charge in [0.05, 0.1) is 25.0 Å². The van der Waals surface area contributed by atoms with E-state index >= 15 is 0 Å². The quantitative estimate of drug-likeness (QED) is 0.695. The second-order valence-corrected chi connectivity index (χ2v) is 4.74. The van der Waals surface area contributed by atoms with Crippen molar-refractivity contribution in [2.24, 2.45) is 5.73 Å². The van der Waals surface area contributed by atoms with Crippen molar-refractivity contribution in [3.8, 4) is 0 Å². The zero-order valence-electron chi connectivity index (χ0n) is 10.9. The van der Waals surface area contributed by atoms with Crippen LogP contribution < -0.4 is 11.1 Å². The van der Waals surface area contributed by atoms with Gasteiger partial charge < -0.3 is 15.6 Å². The van der Waals surface area contributed by atoms with E-state index in [2.05, 4.69) is 25.8 Å². The highest BCUT2D eigenvalue weighted by atomic mass is 32.2. The van der Waals surface area contributed by atoms with E-state index in [4.69, 9.17) is 10.3 Å². The normalized spacial score (nSPS) is 10.7. The molecule has 1 amide bonds. The average Bonchev–Trinajstić information content (AvgIpc) is 3.06. The van der Waals surface area contributed by atoms with Crippen LogP contribution in [0.3, 0.4) is 0 Å². The lowest BCUT2D eigenvalue weighted by molar-refractivity contribution is 0.0941. The highest BCUT2D eigenvalue weighted by Crippen LogP contribution is 2.05. The standard InChI is InChI=1S/C10H15N7O2S/c1-20-6-8-13-9(19-15-8)4-12-10(18)7-5-17(3-2-11)16-14-7/h5H,2-4,6,11H2,1H3,(H,12,18). The van der Waals surface area contributed by atoms with Crippen molar-refractivity contribution in [1.29, 1.82) is 0 Å². The fourth-order valence-electron chi connectivity index (χ4n) is 1.44. The van der Waals surface area contributed by atoms with Crippen LogP contribution >= 0.6 is 11.8 Å². The van der Waals surface area contributed by atoms with Crippen LogP contribution in [0, 0.1) is 0 Å². The molecule has 0 saturated carbocycles. The first-order chi connectivity index (χ1) is 9.72. The third-order valence-corrected chi connectivity index (χ3v) is 2.86. The van der Waals surface area contributed by atoms with Gasteiger partial charge in [0.1, 0.15) is 0 Å². The number of nitrogens with one attached hydrogen (secondary N) is 1. The van der Waals surface area contributed by atoms with Gasteiger partial charge >= 0.3 is 0 Å². The van der Waals surface area contributed by atoms with Crippen LogP contribution in [0.1, 0.15) is 22.2 Å². The number of carbonyl (C=O) groups excluding carboxylic acids is 1. The number of hydrogen-bond acceptors (Lipinski definition) is 8. The number of carbonyl (C=O) groups is 1. The molecule has 0 aliphatic carbocycles. The molecule has 3 N–H and O–H groups in total. The Bertz CT molecular complexity index is 567. The van der Waals surface area contributed by atoms with Crippen molar-refractivity contribution in [3.63, 3.8) is 0 Å². The second-order valence-electron chi connectivity index (χ2n) is 3.88. The number of nitrogens with two attached hydrogens (primary N) is 1. The molecule has 0 fully saturated rings. The molecule has 2 aromatic heterocycles. The first kappa shape index (κ1) is 14.5. The Morgan fingerprint density at radius 3 is 3.20 bits per heavy atom. The van der Waals surface area contributed by atoms with Crippen molar-refractivity contribution in [1.82, 2.24) is 30.5 Å². The van der Waals surface area contributed by atoms with Crippen molar-refractivity contribution in [3.05, 3.63) is 23.6 Å². The summed E-state index contributed by atoms with van der Waals surface area (Å²) < 4.78 is 6.51. The van der Waals surface area contributed by atoms with Gasteiger partial charge in [0, 0.05) is 6.54 Å². The Morgan fingerprint density at radius 1 is 1.60 bits per heavy atom. The van der Waals surface area contributed by atoms with Crippen molar-refractivity contribution >= 4 is 17.7 Å². The first-order valence-electron chi connectivity index (χ1n) is 5.91. The first-order valence-corrected chi connectivity index (χ1v) is 7.31. The molecule has 0 bridgehead atoms. The number of hydrogen-bond donors (Lipinski definition) is 2. The summed E-state index contributed by atoms with van der Waals surface area (Å²) >= 11 is 1.59. The van der Waals surface area contributed by atoms with Crippen LogP contribution in [0.2, 0.25) is 0 Å². The van der Waals surface area contributed by atoms with Crippen LogP contribution in [-0.2, 0) is 18.8 Å². The minimum atomic E-state index is -0.349. The van der Waals surface area contributed by atoms with E-state index in [1.165, 1.54) is 10.9 Å². The maximum atomic E-state index is 11.8. The molecular formula is C10H15N7O2S. The Kier molecular flexibility index (Phi) is 5.07. The molecule has 0 aliphatic rings. The number of rotatable bonds is 7. The highest BCUT2D eigenvalue weighted by Gasteiger charge is 2.12. The fourth-order valence-corrected chi connectivity index (χ4v) is 1.82. The molecule has 0 atom stereocenters. The number of amides is 1. The van der Waals surface area contributed by atoms with E-state index in [9.17, 15) is 4.79 Å². The number of thioether (sulfide) groups is 1. The minimum absolute atomic E-state index is 0.157. The predicted octanol–water partition coefficient (Wildman–Crippen LogP) is -0.587. The van der Waals surface area contributed by atoms with Gasteiger partial charge in [-0.25, -0.2) is 0 Å². The summed E-state index contributed by atoms with van der Waals surface area (Å²) in [4.78, 5) is 15.9. The van der Waals surface area contributed by atoms with Gasteiger partial charge in [-0.2, -0.15) is 16.7 Å². The smallest absolute Gasteiger partial charge is 0.273 e. The topological polar surface area (TPSA) is 125 Å². The van der Waals surface area contributed by atoms with Gasteiger partial charge in [-0.15, -0.1) is 5.10 Å². The van der Waals surface area contributed by atoms with E-state index in [1.54, 1.807) is 11.8 Å². The summed E-state index contributed by atoms with van der Waals surface area (Å²) in [5.74, 6) is 1.29. The Morgan fingerprint density at radius 2 is 2.45 bits per heavy atom. The molecule has 0 spiro atoms. The van der Waals surface area contributed by atoms with E-state index in [0.29, 0.717) is 30.6 Å². The summed E-state index contributed by atoms with van der Waals surface area (Å²) in [5, 5.41) is 14.0. The van der Waals surface area contributed by atoms with Crippen LogP contribution in [0.5, 0.6) is 0 Å². The average molecular weight is 297 g/mol. The molecule has 0 unspecified atom stereocenters. The van der Waals surface area contributed by atoms with E-state index in [0.717, 1.165) is 0 Å². The van der Waals surface area contributed by atoms with Gasteiger partial charge in [0.2, 0.25) is 5.89 Å². The van der Waals surface area contributed by atoms with Crippen LogP contribution in [-0.4, -0.2) is 43.8 Å². The fraction of sp³-hybridized carbons (Fsp3) is 0.500. The third kappa shape index (κ3) is 3.78. The molecular weight excluding hydrogens is 282 g/mol. The molecule has 2 aromatic rings. The Hall–Kier alpha value is -1.94. The predicted molar refractivity (Wildman–Crippen MR) is 71.8 cm³/mol. The zero-order chi connectivity index (χ0) is 14.4. The molecule has 2 rings (SSSR count). The summed E-state index contributed by atoms with van der Waals surface area (Å²) in [6.07, 6.45) is 3.48. The van der Waals surface area contributed by atoms with E-state index in [1.807, 2.05) is 6.26 Å². The lowest BCUT2D eigenvalue weighted by atomic mass is 10.4. The maximum absolute atomic E-state index is 11.8. The molecule has 0 aliphatic heterocycles. The van der Waals surface area contributed by atoms with Crippen LogP contribution in [0.4, 0.5) is 0 Å². The summed E-state index contributed by atoms with van der Waals surface area (Å²) in [6.45, 7) is 1.11. The molecule has 20 heavy (non-hydrogen) atoms. The van der Waals surface area contributed by atoms with Gasteiger partial charge in [-0.3, -0.25) is 9.48 Å². The Labute approximate surface area is 119 Å². The van der Waals surface area contributed by atoms with E-state index in [-0.39, 0.29) is 18.1 Å². The highest BCUT2D eigenvalue weighted by molar-refractivity contribution is 7.97. The Balaban J connectivity index is 1.87. The van der Waals surface area contributed by atoms with Crippen LogP contribution in [0.15, 0.2) is 10.7 Å². The summed E-state index contributed by atoms with van der Waals surface area (Å²) in [7, 11) is 0.